The van der Waals surface area contributed by atoms with Crippen molar-refractivity contribution in [2.45, 2.75) is 30.0 Å². The Labute approximate surface area is 179 Å². The number of hydrogen-bond donors (Lipinski definition) is 1. The summed E-state index contributed by atoms with van der Waals surface area (Å²) in [6.07, 6.45) is -0.408. The van der Waals surface area contributed by atoms with E-state index >= 15 is 0 Å². The quantitative estimate of drug-likeness (QED) is 0.401. The number of aromatic nitrogens is 3. The van der Waals surface area contributed by atoms with Gasteiger partial charge in [0.25, 0.3) is 6.43 Å². The van der Waals surface area contributed by atoms with Crippen molar-refractivity contribution in [2.75, 3.05) is 5.32 Å². The van der Waals surface area contributed by atoms with E-state index in [2.05, 4.69) is 27.6 Å². The Morgan fingerprint density at radius 2 is 2.03 bits per heavy atom. The first-order valence-electron chi connectivity index (χ1n) is 9.34. The van der Waals surface area contributed by atoms with Crippen molar-refractivity contribution in [3.63, 3.8) is 0 Å². The summed E-state index contributed by atoms with van der Waals surface area (Å²) >= 11 is 2.56. The van der Waals surface area contributed by atoms with Gasteiger partial charge in [0.15, 0.2) is 5.01 Å². The summed E-state index contributed by atoms with van der Waals surface area (Å²) in [7, 11) is 0. The molecule has 1 aliphatic rings. The standard InChI is InChI=1S/C21H16F2N4OS2/c22-19(23)21-26-25-20(30-21)15-10-27-7-6-17(28)24-16-9-13(8-14(15)18(16)27)29-11-12-4-2-1-3-5-12/h1-5,8-10,19H,6-7,11H2,(H,24,28). The molecule has 4 aromatic rings. The van der Waals surface area contributed by atoms with Crippen molar-refractivity contribution >= 4 is 45.6 Å². The maximum absolute atomic E-state index is 13.0. The molecule has 0 radical (unpaired) electrons. The zero-order chi connectivity index (χ0) is 20.7. The smallest absolute Gasteiger partial charge is 0.291 e. The number of hydrogen-bond acceptors (Lipinski definition) is 5. The first-order valence-corrected chi connectivity index (χ1v) is 11.1. The van der Waals surface area contributed by atoms with Crippen molar-refractivity contribution in [1.82, 2.24) is 14.8 Å². The van der Waals surface area contributed by atoms with Gasteiger partial charge < -0.3 is 9.88 Å². The Kier molecular flexibility index (Phi) is 5.00. The molecular formula is C21H16F2N4OS2. The predicted octanol–water partition coefficient (Wildman–Crippen LogP) is 5.73. The van der Waals surface area contributed by atoms with Gasteiger partial charge in [-0.05, 0) is 17.7 Å². The molecular weight excluding hydrogens is 426 g/mol. The number of rotatable bonds is 5. The number of halogens is 2. The highest BCUT2D eigenvalue weighted by Crippen LogP contribution is 2.41. The van der Waals surface area contributed by atoms with Gasteiger partial charge >= 0.3 is 0 Å². The maximum atomic E-state index is 13.0. The summed E-state index contributed by atoms with van der Waals surface area (Å²) in [6, 6.07) is 14.1. The van der Waals surface area contributed by atoms with Crippen LogP contribution in [0, 0.1) is 0 Å². The average molecular weight is 443 g/mol. The second kappa shape index (κ2) is 7.81. The molecule has 1 N–H and O–H groups in total. The molecule has 30 heavy (non-hydrogen) atoms. The molecule has 3 heterocycles. The molecule has 5 nitrogen and oxygen atoms in total. The molecule has 0 fully saturated rings. The minimum Gasteiger partial charge on any atom is -0.345 e. The van der Waals surface area contributed by atoms with E-state index in [1.54, 1.807) is 11.8 Å². The van der Waals surface area contributed by atoms with E-state index in [1.807, 2.05) is 41.1 Å². The van der Waals surface area contributed by atoms with Gasteiger partial charge in [-0.15, -0.1) is 22.0 Å². The van der Waals surface area contributed by atoms with Crippen LogP contribution in [0.1, 0.15) is 23.4 Å². The van der Waals surface area contributed by atoms with Gasteiger partial charge in [-0.2, -0.15) is 0 Å². The topological polar surface area (TPSA) is 59.8 Å². The average Bonchev–Trinajstić information content (AvgIpc) is 3.33. The molecule has 9 heteroatoms. The van der Waals surface area contributed by atoms with Gasteiger partial charge in [-0.25, -0.2) is 8.78 Å². The number of anilines is 1. The Bertz CT molecular complexity index is 1240. The molecule has 0 unspecified atom stereocenters. The normalized spacial score (nSPS) is 13.6. The number of nitrogens with one attached hydrogen (secondary N) is 1. The molecule has 0 atom stereocenters. The predicted molar refractivity (Wildman–Crippen MR) is 115 cm³/mol. The van der Waals surface area contributed by atoms with E-state index in [-0.39, 0.29) is 10.9 Å². The van der Waals surface area contributed by atoms with E-state index in [4.69, 9.17) is 0 Å². The van der Waals surface area contributed by atoms with Crippen LogP contribution >= 0.6 is 23.1 Å². The van der Waals surface area contributed by atoms with Crippen molar-refractivity contribution in [2.24, 2.45) is 0 Å². The van der Waals surface area contributed by atoms with E-state index in [0.29, 0.717) is 18.0 Å². The number of carbonyl (C=O) groups is 1. The molecule has 0 bridgehead atoms. The van der Waals surface area contributed by atoms with E-state index in [9.17, 15) is 13.6 Å². The third-order valence-electron chi connectivity index (χ3n) is 4.91. The maximum Gasteiger partial charge on any atom is 0.291 e. The summed E-state index contributed by atoms with van der Waals surface area (Å²) in [5, 5.41) is 11.7. The van der Waals surface area contributed by atoms with Gasteiger partial charge in [0, 0.05) is 40.8 Å². The highest BCUT2D eigenvalue weighted by Gasteiger charge is 2.23. The summed E-state index contributed by atoms with van der Waals surface area (Å²) in [5.74, 6) is 0.743. The molecule has 2 aromatic carbocycles. The fourth-order valence-corrected chi connectivity index (χ4v) is 5.20. The largest absolute Gasteiger partial charge is 0.345 e. The molecule has 1 amide bonds. The summed E-state index contributed by atoms with van der Waals surface area (Å²) in [6.45, 7) is 0.520. The highest BCUT2D eigenvalue weighted by atomic mass is 32.2. The number of thioether (sulfide) groups is 1. The molecule has 0 saturated carbocycles. The van der Waals surface area contributed by atoms with Crippen LogP contribution in [0.3, 0.4) is 0 Å². The van der Waals surface area contributed by atoms with Crippen LogP contribution in [0.2, 0.25) is 0 Å². The van der Waals surface area contributed by atoms with Crippen LogP contribution in [-0.2, 0) is 17.1 Å². The molecule has 5 rings (SSSR count). The number of nitrogens with zero attached hydrogens (tertiary/aromatic N) is 3. The zero-order valence-corrected chi connectivity index (χ0v) is 17.3. The van der Waals surface area contributed by atoms with Crippen molar-refractivity contribution < 1.29 is 13.6 Å². The number of alkyl halides is 2. The Hall–Kier alpha value is -2.78. The van der Waals surface area contributed by atoms with Gasteiger partial charge in [0.2, 0.25) is 5.91 Å². The van der Waals surface area contributed by atoms with E-state index < -0.39 is 6.43 Å². The first kappa shape index (κ1) is 19.2. The molecule has 0 spiro atoms. The van der Waals surface area contributed by atoms with Gasteiger partial charge in [-0.1, -0.05) is 41.7 Å². The molecule has 0 saturated heterocycles. The Morgan fingerprint density at radius 1 is 1.20 bits per heavy atom. The van der Waals surface area contributed by atoms with Crippen LogP contribution in [0.5, 0.6) is 0 Å². The second-order valence-corrected chi connectivity index (χ2v) is 8.98. The van der Waals surface area contributed by atoms with Crippen LogP contribution in [0.15, 0.2) is 53.6 Å². The van der Waals surface area contributed by atoms with E-state index in [1.165, 1.54) is 5.56 Å². The van der Waals surface area contributed by atoms with Crippen molar-refractivity contribution in [1.29, 1.82) is 0 Å². The van der Waals surface area contributed by atoms with E-state index in [0.717, 1.165) is 44.1 Å². The lowest BCUT2D eigenvalue weighted by Gasteiger charge is -2.09. The number of carbonyl (C=O) groups excluding carboxylic acids is 1. The SMILES string of the molecule is O=C1CCn2cc(-c3nnc(C(F)F)s3)c3cc(SCc4ccccc4)cc(c32)N1. The Morgan fingerprint density at radius 3 is 2.80 bits per heavy atom. The van der Waals surface area contributed by atoms with Crippen molar-refractivity contribution in [3.8, 4) is 10.6 Å². The summed E-state index contributed by atoms with van der Waals surface area (Å²) in [4.78, 5) is 13.2. The molecule has 1 aliphatic heterocycles. The van der Waals surface area contributed by atoms with Crippen LogP contribution in [0.25, 0.3) is 21.5 Å². The summed E-state index contributed by atoms with van der Waals surface area (Å²) in [5.41, 5.74) is 3.57. The van der Waals surface area contributed by atoms with Crippen LogP contribution < -0.4 is 5.32 Å². The molecule has 2 aromatic heterocycles. The van der Waals surface area contributed by atoms with Gasteiger partial charge in [0.05, 0.1) is 11.2 Å². The van der Waals surface area contributed by atoms with Crippen molar-refractivity contribution in [3.05, 3.63) is 59.2 Å². The van der Waals surface area contributed by atoms with Crippen LogP contribution in [-0.4, -0.2) is 20.7 Å². The minimum atomic E-state index is -2.64. The number of amides is 1. The number of aryl methyl sites for hydroxylation is 1. The third kappa shape index (κ3) is 3.59. The first-order chi connectivity index (χ1) is 14.6. The molecule has 0 aliphatic carbocycles. The summed E-state index contributed by atoms with van der Waals surface area (Å²) < 4.78 is 28.1. The van der Waals surface area contributed by atoms with Crippen LogP contribution in [0.4, 0.5) is 14.5 Å². The zero-order valence-electron chi connectivity index (χ0n) is 15.6. The van der Waals surface area contributed by atoms with Gasteiger partial charge in [0.1, 0.15) is 5.01 Å². The molecule has 152 valence electrons. The fourth-order valence-electron chi connectivity index (χ4n) is 3.55. The monoisotopic (exact) mass is 442 g/mol. The minimum absolute atomic E-state index is 0.0392. The lowest BCUT2D eigenvalue weighted by Crippen LogP contribution is -2.10. The third-order valence-corrected chi connectivity index (χ3v) is 6.92. The van der Waals surface area contributed by atoms with Gasteiger partial charge in [-0.3, -0.25) is 4.79 Å². The second-order valence-electron chi connectivity index (χ2n) is 6.92. The highest BCUT2D eigenvalue weighted by molar-refractivity contribution is 7.98. The number of benzene rings is 2. The lowest BCUT2D eigenvalue weighted by atomic mass is 10.1. The Balaban J connectivity index is 1.60. The lowest BCUT2D eigenvalue weighted by molar-refractivity contribution is -0.116. The fraction of sp³-hybridized carbons (Fsp3) is 0.190.